The van der Waals surface area contributed by atoms with Gasteiger partial charge in [0.1, 0.15) is 6.04 Å². The van der Waals surface area contributed by atoms with Crippen LogP contribution in [-0.2, 0) is 16.0 Å². The molecule has 1 aliphatic carbocycles. The fourth-order valence-corrected chi connectivity index (χ4v) is 1.92. The lowest BCUT2D eigenvalue weighted by atomic mass is 10.1. The highest BCUT2D eigenvalue weighted by Crippen LogP contribution is 2.32. The van der Waals surface area contributed by atoms with Crippen molar-refractivity contribution in [3.63, 3.8) is 0 Å². The Bertz CT molecular complexity index is 373. The van der Waals surface area contributed by atoms with Gasteiger partial charge in [-0.1, -0.05) is 43.2 Å². The first-order chi connectivity index (χ1) is 8.75. The number of carbonyl (C=O) groups excluding carboxylic acids is 1. The number of nitrogens with two attached hydrogens (primary N) is 1. The van der Waals surface area contributed by atoms with Crippen LogP contribution in [0.1, 0.15) is 31.2 Å². The minimum Gasteiger partial charge on any atom is -0.465 e. The van der Waals surface area contributed by atoms with E-state index in [1.165, 1.54) is 18.4 Å². The maximum Gasteiger partial charge on any atom is 0.322 e. The third-order valence-corrected chi connectivity index (χ3v) is 3.36. The summed E-state index contributed by atoms with van der Waals surface area (Å²) in [5.74, 6) is 0.532. The second-order valence-corrected chi connectivity index (χ2v) is 5.03. The molecule has 1 aromatic rings. The highest BCUT2D eigenvalue weighted by Gasteiger charge is 2.22. The summed E-state index contributed by atoms with van der Waals surface area (Å²) in [5, 5.41) is 0. The van der Waals surface area contributed by atoms with E-state index < -0.39 is 6.04 Å². The molecule has 0 heterocycles. The first-order valence-electron chi connectivity index (χ1n) is 6.72. The molecule has 0 spiro atoms. The molecule has 0 aliphatic heterocycles. The molecule has 0 amide bonds. The number of hydrogen-bond acceptors (Lipinski definition) is 3. The summed E-state index contributed by atoms with van der Waals surface area (Å²) >= 11 is 0. The Morgan fingerprint density at radius 3 is 2.72 bits per heavy atom. The SMILES string of the molecule is N[C@@H](CCc1ccccc1)C(=O)OCCC1CC1. The number of ether oxygens (including phenoxy) is 1. The molecule has 0 radical (unpaired) electrons. The van der Waals surface area contributed by atoms with Crippen LogP contribution >= 0.6 is 0 Å². The van der Waals surface area contributed by atoms with Gasteiger partial charge in [0.25, 0.3) is 0 Å². The Labute approximate surface area is 108 Å². The summed E-state index contributed by atoms with van der Waals surface area (Å²) in [6.45, 7) is 0.530. The van der Waals surface area contributed by atoms with Gasteiger partial charge in [-0.25, -0.2) is 0 Å². The Hall–Kier alpha value is -1.35. The van der Waals surface area contributed by atoms with Crippen LogP contribution in [0.4, 0.5) is 0 Å². The number of aryl methyl sites for hydroxylation is 1. The van der Waals surface area contributed by atoms with Crippen LogP contribution in [0, 0.1) is 5.92 Å². The summed E-state index contributed by atoms with van der Waals surface area (Å²) in [6.07, 6.45) is 5.04. The van der Waals surface area contributed by atoms with Gasteiger partial charge in [0.15, 0.2) is 0 Å². The number of rotatable bonds is 7. The van der Waals surface area contributed by atoms with Crippen LogP contribution in [-0.4, -0.2) is 18.6 Å². The van der Waals surface area contributed by atoms with E-state index in [4.69, 9.17) is 10.5 Å². The van der Waals surface area contributed by atoms with Crippen molar-refractivity contribution in [2.24, 2.45) is 11.7 Å². The van der Waals surface area contributed by atoms with Crippen LogP contribution < -0.4 is 5.73 Å². The van der Waals surface area contributed by atoms with E-state index in [-0.39, 0.29) is 5.97 Å². The van der Waals surface area contributed by atoms with Crippen LogP contribution in [0.25, 0.3) is 0 Å². The van der Waals surface area contributed by atoms with Crippen LogP contribution in [0.5, 0.6) is 0 Å². The third kappa shape index (κ3) is 4.49. The zero-order valence-corrected chi connectivity index (χ0v) is 10.7. The normalized spacial score (nSPS) is 16.3. The van der Waals surface area contributed by atoms with Crippen molar-refractivity contribution in [2.45, 2.75) is 38.1 Å². The van der Waals surface area contributed by atoms with Crippen molar-refractivity contribution >= 4 is 5.97 Å². The Kier molecular flexibility index (Phi) is 4.76. The molecule has 98 valence electrons. The molecule has 0 unspecified atom stereocenters. The molecule has 2 rings (SSSR count). The molecule has 3 nitrogen and oxygen atoms in total. The quantitative estimate of drug-likeness (QED) is 0.752. The molecule has 3 heteroatoms. The van der Waals surface area contributed by atoms with Gasteiger partial charge in [0.2, 0.25) is 0 Å². The lowest BCUT2D eigenvalue weighted by Gasteiger charge is -2.11. The van der Waals surface area contributed by atoms with Gasteiger partial charge in [-0.3, -0.25) is 4.79 Å². The van der Waals surface area contributed by atoms with Gasteiger partial charge >= 0.3 is 5.97 Å². The van der Waals surface area contributed by atoms with E-state index in [1.807, 2.05) is 30.3 Å². The van der Waals surface area contributed by atoms with Crippen LogP contribution in [0.3, 0.4) is 0 Å². The highest BCUT2D eigenvalue weighted by atomic mass is 16.5. The zero-order chi connectivity index (χ0) is 12.8. The van der Waals surface area contributed by atoms with Gasteiger partial charge in [-0.2, -0.15) is 0 Å². The molecule has 1 fully saturated rings. The maximum absolute atomic E-state index is 11.6. The van der Waals surface area contributed by atoms with Gasteiger partial charge in [-0.05, 0) is 30.7 Å². The highest BCUT2D eigenvalue weighted by molar-refractivity contribution is 5.75. The molecule has 1 aliphatic rings. The van der Waals surface area contributed by atoms with Crippen molar-refractivity contribution in [1.29, 1.82) is 0 Å². The number of benzene rings is 1. The Morgan fingerprint density at radius 1 is 1.33 bits per heavy atom. The lowest BCUT2D eigenvalue weighted by Crippen LogP contribution is -2.33. The number of carbonyl (C=O) groups is 1. The summed E-state index contributed by atoms with van der Waals surface area (Å²) in [5.41, 5.74) is 7.03. The molecular formula is C15H21NO2. The topological polar surface area (TPSA) is 52.3 Å². The monoisotopic (exact) mass is 247 g/mol. The number of esters is 1. The van der Waals surface area contributed by atoms with E-state index in [0.29, 0.717) is 13.0 Å². The second kappa shape index (κ2) is 6.55. The van der Waals surface area contributed by atoms with Crippen molar-refractivity contribution in [3.8, 4) is 0 Å². The first kappa shape index (κ1) is 13.1. The lowest BCUT2D eigenvalue weighted by molar-refractivity contribution is -0.145. The molecule has 1 aromatic carbocycles. The van der Waals surface area contributed by atoms with Crippen molar-refractivity contribution < 1.29 is 9.53 Å². The van der Waals surface area contributed by atoms with Gasteiger partial charge in [0.05, 0.1) is 6.61 Å². The number of hydrogen-bond donors (Lipinski definition) is 1. The summed E-state index contributed by atoms with van der Waals surface area (Å²) in [6, 6.07) is 9.57. The fourth-order valence-electron chi connectivity index (χ4n) is 1.92. The van der Waals surface area contributed by atoms with Crippen molar-refractivity contribution in [2.75, 3.05) is 6.61 Å². The van der Waals surface area contributed by atoms with E-state index in [0.717, 1.165) is 18.8 Å². The predicted octanol–water partition coefficient (Wildman–Crippen LogP) is 2.29. The van der Waals surface area contributed by atoms with Gasteiger partial charge in [-0.15, -0.1) is 0 Å². The molecule has 0 saturated heterocycles. The van der Waals surface area contributed by atoms with Crippen molar-refractivity contribution in [3.05, 3.63) is 35.9 Å². The van der Waals surface area contributed by atoms with E-state index in [1.54, 1.807) is 0 Å². The second-order valence-electron chi connectivity index (χ2n) is 5.03. The summed E-state index contributed by atoms with van der Waals surface area (Å²) in [4.78, 5) is 11.6. The molecular weight excluding hydrogens is 226 g/mol. The van der Waals surface area contributed by atoms with E-state index in [9.17, 15) is 4.79 Å². The van der Waals surface area contributed by atoms with Gasteiger partial charge in [0, 0.05) is 0 Å². The molecule has 1 saturated carbocycles. The molecule has 2 N–H and O–H groups in total. The van der Waals surface area contributed by atoms with E-state index >= 15 is 0 Å². The smallest absolute Gasteiger partial charge is 0.322 e. The fraction of sp³-hybridized carbons (Fsp3) is 0.533. The van der Waals surface area contributed by atoms with Crippen LogP contribution in [0.2, 0.25) is 0 Å². The van der Waals surface area contributed by atoms with Gasteiger partial charge < -0.3 is 10.5 Å². The molecule has 0 bridgehead atoms. The minimum absolute atomic E-state index is 0.258. The van der Waals surface area contributed by atoms with E-state index in [2.05, 4.69) is 0 Å². The largest absolute Gasteiger partial charge is 0.465 e. The van der Waals surface area contributed by atoms with Crippen LogP contribution in [0.15, 0.2) is 30.3 Å². The standard InChI is InChI=1S/C15H21NO2/c16-14(9-8-12-4-2-1-3-5-12)15(17)18-11-10-13-6-7-13/h1-5,13-14H,6-11,16H2/t14-/m0/s1. The minimum atomic E-state index is -0.496. The summed E-state index contributed by atoms with van der Waals surface area (Å²) in [7, 11) is 0. The maximum atomic E-state index is 11.6. The van der Waals surface area contributed by atoms with Crippen molar-refractivity contribution in [1.82, 2.24) is 0 Å². The summed E-state index contributed by atoms with van der Waals surface area (Å²) < 4.78 is 5.18. The molecule has 18 heavy (non-hydrogen) atoms. The zero-order valence-electron chi connectivity index (χ0n) is 10.7. The average molecular weight is 247 g/mol. The molecule has 1 atom stereocenters. The first-order valence-corrected chi connectivity index (χ1v) is 6.72. The average Bonchev–Trinajstić information content (AvgIpc) is 3.21. The third-order valence-electron chi connectivity index (χ3n) is 3.36. The molecule has 0 aromatic heterocycles. The Balaban J connectivity index is 1.63. The predicted molar refractivity (Wildman–Crippen MR) is 71.0 cm³/mol. The Morgan fingerprint density at radius 2 is 2.06 bits per heavy atom.